The summed E-state index contributed by atoms with van der Waals surface area (Å²) in [6.07, 6.45) is 3.94. The summed E-state index contributed by atoms with van der Waals surface area (Å²) in [5.74, 6) is -1.52. The van der Waals surface area contributed by atoms with Gasteiger partial charge in [-0.3, -0.25) is 0 Å². The Morgan fingerprint density at radius 3 is 2.56 bits per heavy atom. The Bertz CT molecular complexity index is 322. The van der Waals surface area contributed by atoms with Gasteiger partial charge in [0.1, 0.15) is 0 Å². The van der Waals surface area contributed by atoms with Crippen molar-refractivity contribution in [1.82, 2.24) is 5.32 Å². The lowest BCUT2D eigenvalue weighted by Gasteiger charge is -2.13. The fraction of sp³-hybridized carbons (Fsp3) is 0.538. The maximum atomic E-state index is 12.9. The molecule has 1 unspecified atom stereocenters. The summed E-state index contributed by atoms with van der Waals surface area (Å²) in [6.45, 7) is 2.14. The van der Waals surface area contributed by atoms with Gasteiger partial charge in [0.25, 0.3) is 0 Å². The van der Waals surface area contributed by atoms with E-state index in [9.17, 15) is 8.78 Å². The number of aryl methyl sites for hydroxylation is 1. The van der Waals surface area contributed by atoms with Crippen LogP contribution in [0.2, 0.25) is 0 Å². The molecule has 0 fully saturated rings. The van der Waals surface area contributed by atoms with Crippen LogP contribution in [0.4, 0.5) is 8.78 Å². The average molecular weight is 227 g/mol. The molecule has 1 N–H and O–H groups in total. The monoisotopic (exact) mass is 227 g/mol. The molecule has 0 saturated heterocycles. The third-order valence-electron chi connectivity index (χ3n) is 2.90. The van der Waals surface area contributed by atoms with Gasteiger partial charge in [0.2, 0.25) is 0 Å². The molecule has 0 radical (unpaired) electrons. The van der Waals surface area contributed by atoms with Crippen molar-refractivity contribution in [2.24, 2.45) is 0 Å². The molecule has 0 spiro atoms. The van der Waals surface area contributed by atoms with E-state index < -0.39 is 11.6 Å². The minimum absolute atomic E-state index is 0.519. The molecule has 1 aromatic rings. The first-order valence-corrected chi connectivity index (χ1v) is 5.78. The highest BCUT2D eigenvalue weighted by molar-refractivity contribution is 5.17. The van der Waals surface area contributed by atoms with Crippen molar-refractivity contribution in [1.29, 1.82) is 0 Å². The quantitative estimate of drug-likeness (QED) is 0.786. The van der Waals surface area contributed by atoms with Gasteiger partial charge in [-0.1, -0.05) is 13.0 Å². The highest BCUT2D eigenvalue weighted by Crippen LogP contribution is 2.12. The Balaban J connectivity index is 2.40. The molecule has 0 saturated carbocycles. The highest BCUT2D eigenvalue weighted by atomic mass is 19.2. The third-order valence-corrected chi connectivity index (χ3v) is 2.90. The van der Waals surface area contributed by atoms with E-state index in [2.05, 4.69) is 12.2 Å². The van der Waals surface area contributed by atoms with E-state index in [-0.39, 0.29) is 0 Å². The zero-order valence-corrected chi connectivity index (χ0v) is 9.89. The second-order valence-electron chi connectivity index (χ2n) is 4.03. The van der Waals surface area contributed by atoms with Crippen LogP contribution in [0.5, 0.6) is 0 Å². The van der Waals surface area contributed by atoms with Crippen molar-refractivity contribution in [3.8, 4) is 0 Å². The molecule has 1 aromatic carbocycles. The van der Waals surface area contributed by atoms with E-state index in [0.717, 1.165) is 31.2 Å². The molecule has 90 valence electrons. The van der Waals surface area contributed by atoms with E-state index in [0.29, 0.717) is 6.04 Å². The minimum Gasteiger partial charge on any atom is -0.317 e. The van der Waals surface area contributed by atoms with Gasteiger partial charge in [0, 0.05) is 6.04 Å². The van der Waals surface area contributed by atoms with Crippen LogP contribution in [0.15, 0.2) is 18.2 Å². The smallest absolute Gasteiger partial charge is 0.159 e. The molecule has 0 bridgehead atoms. The Labute approximate surface area is 95.9 Å². The first-order chi connectivity index (χ1) is 7.67. The van der Waals surface area contributed by atoms with Crippen LogP contribution in [0, 0.1) is 11.6 Å². The number of hydrogen-bond acceptors (Lipinski definition) is 1. The fourth-order valence-electron chi connectivity index (χ4n) is 1.80. The van der Waals surface area contributed by atoms with Crippen LogP contribution in [0.1, 0.15) is 31.7 Å². The van der Waals surface area contributed by atoms with Crippen molar-refractivity contribution in [2.75, 3.05) is 7.05 Å². The van der Waals surface area contributed by atoms with Gasteiger partial charge in [0.05, 0.1) is 0 Å². The number of hydrogen-bond donors (Lipinski definition) is 1. The van der Waals surface area contributed by atoms with Crippen LogP contribution in [0.3, 0.4) is 0 Å². The lowest BCUT2D eigenvalue weighted by Crippen LogP contribution is -2.23. The Hall–Kier alpha value is -0.960. The van der Waals surface area contributed by atoms with Gasteiger partial charge in [-0.15, -0.1) is 0 Å². The van der Waals surface area contributed by atoms with Crippen LogP contribution < -0.4 is 5.32 Å². The molecule has 1 nitrogen and oxygen atoms in total. The van der Waals surface area contributed by atoms with E-state index >= 15 is 0 Å². The van der Waals surface area contributed by atoms with Crippen molar-refractivity contribution in [3.63, 3.8) is 0 Å². The molecule has 16 heavy (non-hydrogen) atoms. The van der Waals surface area contributed by atoms with E-state index in [1.165, 1.54) is 12.1 Å². The summed E-state index contributed by atoms with van der Waals surface area (Å²) >= 11 is 0. The Kier molecular flexibility index (Phi) is 5.39. The predicted molar refractivity (Wildman–Crippen MR) is 62.4 cm³/mol. The fourth-order valence-corrected chi connectivity index (χ4v) is 1.80. The lowest BCUT2D eigenvalue weighted by molar-refractivity contribution is 0.488. The minimum atomic E-state index is -0.773. The standard InChI is InChI=1S/C13H19F2N/c1-3-11(16-2)6-4-5-10-7-8-12(14)13(15)9-10/h7-9,11,16H,3-6H2,1-2H3. The van der Waals surface area contributed by atoms with Crippen molar-refractivity contribution >= 4 is 0 Å². The molecule has 0 aromatic heterocycles. The van der Waals surface area contributed by atoms with Gasteiger partial charge in [0.15, 0.2) is 11.6 Å². The van der Waals surface area contributed by atoms with E-state index in [1.807, 2.05) is 7.05 Å². The van der Waals surface area contributed by atoms with Gasteiger partial charge in [-0.25, -0.2) is 8.78 Å². The van der Waals surface area contributed by atoms with Crippen LogP contribution in [-0.4, -0.2) is 13.1 Å². The third kappa shape index (κ3) is 3.89. The Morgan fingerprint density at radius 2 is 2.00 bits per heavy atom. The number of nitrogens with one attached hydrogen (secondary N) is 1. The molecule has 3 heteroatoms. The molecular weight excluding hydrogens is 208 g/mol. The maximum absolute atomic E-state index is 12.9. The number of benzene rings is 1. The summed E-state index contributed by atoms with van der Waals surface area (Å²) in [4.78, 5) is 0. The number of halogens is 2. The van der Waals surface area contributed by atoms with Crippen LogP contribution in [0.25, 0.3) is 0 Å². The van der Waals surface area contributed by atoms with Crippen molar-refractivity contribution < 1.29 is 8.78 Å². The summed E-state index contributed by atoms with van der Waals surface area (Å²) in [7, 11) is 1.95. The summed E-state index contributed by atoms with van der Waals surface area (Å²) in [6, 6.07) is 4.65. The molecule has 0 aliphatic carbocycles. The van der Waals surface area contributed by atoms with Crippen LogP contribution >= 0.6 is 0 Å². The molecule has 0 aliphatic heterocycles. The second-order valence-corrected chi connectivity index (χ2v) is 4.03. The van der Waals surface area contributed by atoms with Gasteiger partial charge in [-0.2, -0.15) is 0 Å². The first-order valence-electron chi connectivity index (χ1n) is 5.78. The molecule has 0 amide bonds. The Morgan fingerprint density at radius 1 is 1.25 bits per heavy atom. The highest BCUT2D eigenvalue weighted by Gasteiger charge is 2.05. The van der Waals surface area contributed by atoms with Gasteiger partial charge >= 0.3 is 0 Å². The van der Waals surface area contributed by atoms with Gasteiger partial charge < -0.3 is 5.32 Å². The molecule has 0 heterocycles. The second kappa shape index (κ2) is 6.59. The summed E-state index contributed by atoms with van der Waals surface area (Å²) in [5.41, 5.74) is 0.866. The van der Waals surface area contributed by atoms with E-state index in [4.69, 9.17) is 0 Å². The largest absolute Gasteiger partial charge is 0.317 e. The van der Waals surface area contributed by atoms with Crippen molar-refractivity contribution in [3.05, 3.63) is 35.4 Å². The summed E-state index contributed by atoms with van der Waals surface area (Å²) < 4.78 is 25.6. The molecular formula is C13H19F2N. The maximum Gasteiger partial charge on any atom is 0.159 e. The average Bonchev–Trinajstić information content (AvgIpc) is 2.29. The van der Waals surface area contributed by atoms with Crippen LogP contribution in [-0.2, 0) is 6.42 Å². The SMILES string of the molecule is CCC(CCCc1ccc(F)c(F)c1)NC. The van der Waals surface area contributed by atoms with E-state index in [1.54, 1.807) is 6.07 Å². The normalized spacial score (nSPS) is 12.8. The number of rotatable bonds is 6. The lowest BCUT2D eigenvalue weighted by atomic mass is 10.0. The zero-order valence-electron chi connectivity index (χ0n) is 9.89. The predicted octanol–water partition coefficient (Wildman–Crippen LogP) is 3.29. The molecule has 0 aliphatic rings. The zero-order chi connectivity index (χ0) is 12.0. The first kappa shape index (κ1) is 13.1. The molecule has 1 rings (SSSR count). The van der Waals surface area contributed by atoms with Gasteiger partial charge in [-0.05, 0) is 50.4 Å². The summed E-state index contributed by atoms with van der Waals surface area (Å²) in [5, 5.41) is 3.22. The van der Waals surface area contributed by atoms with Crippen molar-refractivity contribution in [2.45, 2.75) is 38.6 Å². The topological polar surface area (TPSA) is 12.0 Å². The molecule has 1 atom stereocenters.